The van der Waals surface area contributed by atoms with Crippen LogP contribution in [0.15, 0.2) is 24.9 Å². The fourth-order valence-electron chi connectivity index (χ4n) is 7.19. The Kier molecular flexibility index (Phi) is 7.63. The first kappa shape index (κ1) is 28.2. The molecule has 220 valence electrons. The number of aromatic nitrogens is 4. The number of halogens is 1. The number of amides is 1. The molecule has 1 aromatic carbocycles. The fraction of sp³-hybridized carbons (Fsp3) is 0.581. The van der Waals surface area contributed by atoms with Gasteiger partial charge in [0.05, 0.1) is 47.6 Å². The van der Waals surface area contributed by atoms with Crippen molar-refractivity contribution >= 4 is 34.2 Å². The summed E-state index contributed by atoms with van der Waals surface area (Å²) >= 11 is 7.17. The van der Waals surface area contributed by atoms with Crippen LogP contribution in [0.4, 0.5) is 5.82 Å². The molecule has 1 amide bonds. The summed E-state index contributed by atoms with van der Waals surface area (Å²) in [6.07, 6.45) is 7.04. The number of anilines is 1. The quantitative estimate of drug-likeness (QED) is 0.391. The predicted octanol–water partition coefficient (Wildman–Crippen LogP) is 5.13. The highest BCUT2D eigenvalue weighted by Crippen LogP contribution is 2.47. The molecule has 5 heterocycles. The van der Waals surface area contributed by atoms with Crippen LogP contribution in [0.2, 0.25) is 5.02 Å². The van der Waals surface area contributed by atoms with Crippen LogP contribution in [-0.2, 0) is 9.53 Å². The molecular formula is C31H42ClN7O2. The highest BCUT2D eigenvalue weighted by molar-refractivity contribution is 6.36. The Balaban J connectivity index is 1.48. The molecule has 0 spiro atoms. The summed E-state index contributed by atoms with van der Waals surface area (Å²) in [6.45, 7) is 18.4. The van der Waals surface area contributed by atoms with Gasteiger partial charge in [-0.25, -0.2) is 0 Å². The number of carbonyl (C=O) groups excluding carboxylic acids is 1. The van der Waals surface area contributed by atoms with Gasteiger partial charge in [-0.15, -0.1) is 0 Å². The lowest BCUT2D eigenvalue weighted by Crippen LogP contribution is -2.66. The first-order valence-corrected chi connectivity index (χ1v) is 15.4. The fourth-order valence-corrected chi connectivity index (χ4v) is 7.44. The molecule has 41 heavy (non-hydrogen) atoms. The number of likely N-dealkylation sites (tertiary alicyclic amines) is 1. The lowest BCUT2D eigenvalue weighted by molar-refractivity contribution is -0.127. The van der Waals surface area contributed by atoms with E-state index in [1.54, 1.807) is 0 Å². The second-order valence-corrected chi connectivity index (χ2v) is 12.3. The normalized spacial score (nSPS) is 20.5. The minimum atomic E-state index is -0.0558. The van der Waals surface area contributed by atoms with Crippen LogP contribution in [0.25, 0.3) is 22.0 Å². The predicted molar refractivity (Wildman–Crippen MR) is 164 cm³/mol. The summed E-state index contributed by atoms with van der Waals surface area (Å²) in [5, 5.41) is 14.8. The van der Waals surface area contributed by atoms with Gasteiger partial charge < -0.3 is 14.5 Å². The Bertz CT molecular complexity index is 1450. The van der Waals surface area contributed by atoms with E-state index in [1.165, 1.54) is 6.08 Å². The number of aromatic amines is 1. The molecule has 3 aliphatic heterocycles. The number of H-pyrrole nitrogens is 1. The van der Waals surface area contributed by atoms with E-state index in [4.69, 9.17) is 21.4 Å². The van der Waals surface area contributed by atoms with Crippen molar-refractivity contribution in [2.24, 2.45) is 0 Å². The van der Waals surface area contributed by atoms with Gasteiger partial charge in [-0.1, -0.05) is 32.0 Å². The Labute approximate surface area is 247 Å². The zero-order chi connectivity index (χ0) is 28.9. The van der Waals surface area contributed by atoms with Gasteiger partial charge in [0, 0.05) is 54.9 Å². The van der Waals surface area contributed by atoms with E-state index < -0.39 is 0 Å². The molecule has 0 saturated carbocycles. The van der Waals surface area contributed by atoms with Crippen molar-refractivity contribution in [2.45, 2.75) is 71.0 Å². The number of piperazine rings is 1. The number of fused-ring (bicyclic) bond motifs is 1. The third-order valence-corrected chi connectivity index (χ3v) is 10.4. The summed E-state index contributed by atoms with van der Waals surface area (Å²) in [7, 11) is 0. The summed E-state index contributed by atoms with van der Waals surface area (Å²) in [5.74, 6) is 1.01. The number of nitrogens with one attached hydrogen (secondary N) is 1. The minimum absolute atomic E-state index is 0.00122. The summed E-state index contributed by atoms with van der Waals surface area (Å²) < 4.78 is 7.79. The molecule has 3 aromatic rings. The Morgan fingerprint density at radius 3 is 2.51 bits per heavy atom. The van der Waals surface area contributed by atoms with Crippen LogP contribution >= 0.6 is 11.6 Å². The molecule has 0 radical (unpaired) electrons. The van der Waals surface area contributed by atoms with Crippen molar-refractivity contribution in [3.05, 3.63) is 41.2 Å². The number of aryl methyl sites for hydroxylation is 1. The lowest BCUT2D eigenvalue weighted by Gasteiger charge is -2.54. The molecule has 0 bridgehead atoms. The van der Waals surface area contributed by atoms with Crippen molar-refractivity contribution in [1.29, 1.82) is 0 Å². The average molecular weight is 580 g/mol. The van der Waals surface area contributed by atoms with E-state index in [9.17, 15) is 4.79 Å². The third-order valence-electron chi connectivity index (χ3n) is 9.93. The maximum Gasteiger partial charge on any atom is 0.245 e. The van der Waals surface area contributed by atoms with Crippen LogP contribution in [0, 0.1) is 13.8 Å². The van der Waals surface area contributed by atoms with E-state index in [1.807, 2.05) is 11.1 Å². The van der Waals surface area contributed by atoms with Crippen molar-refractivity contribution < 1.29 is 9.53 Å². The highest BCUT2D eigenvalue weighted by Gasteiger charge is 2.45. The molecule has 3 saturated heterocycles. The van der Waals surface area contributed by atoms with Crippen LogP contribution in [-0.4, -0.2) is 93.2 Å². The van der Waals surface area contributed by atoms with Gasteiger partial charge in [-0.05, 0) is 57.2 Å². The molecule has 0 atom stereocenters. The van der Waals surface area contributed by atoms with Crippen LogP contribution in [0.3, 0.4) is 0 Å². The Morgan fingerprint density at radius 1 is 1.15 bits per heavy atom. The number of nitrogens with zero attached hydrogens (tertiary/aromatic N) is 6. The number of ether oxygens (including phenoxy) is 1. The van der Waals surface area contributed by atoms with E-state index >= 15 is 0 Å². The van der Waals surface area contributed by atoms with Crippen LogP contribution in [0.1, 0.15) is 56.8 Å². The van der Waals surface area contributed by atoms with Crippen molar-refractivity contribution in [1.82, 2.24) is 29.8 Å². The zero-order valence-electron chi connectivity index (χ0n) is 24.7. The monoisotopic (exact) mass is 579 g/mol. The summed E-state index contributed by atoms with van der Waals surface area (Å²) in [5.41, 5.74) is 5.15. The number of rotatable bonds is 7. The smallest absolute Gasteiger partial charge is 0.245 e. The summed E-state index contributed by atoms with van der Waals surface area (Å²) in [4.78, 5) is 19.4. The molecule has 10 heteroatoms. The molecule has 3 aliphatic rings. The van der Waals surface area contributed by atoms with Gasteiger partial charge in [0.1, 0.15) is 0 Å². The van der Waals surface area contributed by atoms with Crippen LogP contribution in [0.5, 0.6) is 0 Å². The van der Waals surface area contributed by atoms with Gasteiger partial charge in [-0.2, -0.15) is 10.2 Å². The summed E-state index contributed by atoms with van der Waals surface area (Å²) in [6, 6.07) is 2.78. The minimum Gasteiger partial charge on any atom is -0.378 e. The van der Waals surface area contributed by atoms with Gasteiger partial charge in [-0.3, -0.25) is 19.5 Å². The van der Waals surface area contributed by atoms with E-state index in [2.05, 4.69) is 65.0 Å². The number of hydrogen-bond donors (Lipinski definition) is 1. The van der Waals surface area contributed by atoms with Crippen molar-refractivity contribution in [3.63, 3.8) is 0 Å². The molecule has 2 aromatic heterocycles. The standard InChI is InChI=1S/C31H42ClN7O2/c1-6-26(40)36-11-9-22(10-12-36)39-21(5)27(28-24-16-33-34-25(24)15-20(4)29(28)32)30(35-39)38-14-13-37(23-17-41-18-23)19-31(38,7-2)8-3/h6,15-16,22-23H,1,7-14,17-19H2,2-5H3,(H,33,34). The zero-order valence-corrected chi connectivity index (χ0v) is 25.5. The highest BCUT2D eigenvalue weighted by atomic mass is 35.5. The first-order valence-electron chi connectivity index (χ1n) is 15.0. The lowest BCUT2D eigenvalue weighted by atomic mass is 9.86. The van der Waals surface area contributed by atoms with Crippen molar-refractivity contribution in [2.75, 3.05) is 50.8 Å². The number of benzene rings is 1. The molecule has 6 rings (SSSR count). The maximum atomic E-state index is 12.3. The van der Waals surface area contributed by atoms with Gasteiger partial charge in [0.15, 0.2) is 5.82 Å². The number of hydrogen-bond acceptors (Lipinski definition) is 6. The van der Waals surface area contributed by atoms with E-state index in [0.29, 0.717) is 19.1 Å². The average Bonchev–Trinajstić information content (AvgIpc) is 3.56. The molecule has 0 aliphatic carbocycles. The Morgan fingerprint density at radius 2 is 1.88 bits per heavy atom. The van der Waals surface area contributed by atoms with Gasteiger partial charge in [0.2, 0.25) is 5.91 Å². The first-order chi connectivity index (χ1) is 19.8. The Hall–Kier alpha value is -2.88. The largest absolute Gasteiger partial charge is 0.378 e. The van der Waals surface area contributed by atoms with Crippen LogP contribution < -0.4 is 4.90 Å². The molecule has 3 fully saturated rings. The topological polar surface area (TPSA) is 82.5 Å². The second-order valence-electron chi connectivity index (χ2n) is 11.9. The van der Waals surface area contributed by atoms with Gasteiger partial charge in [0.25, 0.3) is 0 Å². The molecular weight excluding hydrogens is 538 g/mol. The molecule has 0 unspecified atom stereocenters. The SMILES string of the molecule is C=CC(=O)N1CCC(n2nc(N3CCN(C4COC4)CC3(CC)CC)c(-c3c(Cl)c(C)cc4[nH]ncc34)c2C)CC1. The van der Waals surface area contributed by atoms with E-state index in [0.717, 1.165) is 103 Å². The number of carbonyl (C=O) groups is 1. The van der Waals surface area contributed by atoms with Gasteiger partial charge >= 0.3 is 0 Å². The van der Waals surface area contributed by atoms with E-state index in [-0.39, 0.29) is 17.5 Å². The maximum absolute atomic E-state index is 12.3. The number of piperidine rings is 1. The second kappa shape index (κ2) is 11.1. The third kappa shape index (κ3) is 4.66. The molecule has 9 nitrogen and oxygen atoms in total. The molecule has 1 N–H and O–H groups in total. The van der Waals surface area contributed by atoms with Crippen molar-refractivity contribution in [3.8, 4) is 11.1 Å².